The van der Waals surface area contributed by atoms with Crippen molar-refractivity contribution in [3.05, 3.63) is 18.2 Å². The predicted molar refractivity (Wildman–Crippen MR) is 59.3 cm³/mol. The van der Waals surface area contributed by atoms with Gasteiger partial charge in [-0.15, -0.1) is 0 Å². The minimum Gasteiger partial charge on any atom is -0.334 e. The van der Waals surface area contributed by atoms with Crippen LogP contribution in [-0.2, 0) is 22.9 Å². The van der Waals surface area contributed by atoms with Crippen molar-refractivity contribution in [1.29, 1.82) is 0 Å². The molecule has 0 spiro atoms. The molecule has 1 rings (SSSR count). The minimum atomic E-state index is -2.87. The molecule has 0 radical (unpaired) electrons. The summed E-state index contributed by atoms with van der Waals surface area (Å²) < 4.78 is 23.7. The molecule has 1 aromatic rings. The van der Waals surface area contributed by atoms with Gasteiger partial charge in [-0.25, -0.2) is 13.4 Å². The number of hydrogen-bond acceptors (Lipinski definition) is 4. The Hall–Kier alpha value is -0.880. The van der Waals surface area contributed by atoms with E-state index in [4.69, 9.17) is 0 Å². The van der Waals surface area contributed by atoms with Crippen LogP contribution in [0.5, 0.6) is 0 Å². The Morgan fingerprint density at radius 1 is 1.53 bits per heavy atom. The van der Waals surface area contributed by atoms with Gasteiger partial charge in [0.2, 0.25) is 0 Å². The van der Waals surface area contributed by atoms with Crippen LogP contribution < -0.4 is 5.32 Å². The van der Waals surface area contributed by atoms with Crippen LogP contribution in [0, 0.1) is 0 Å². The lowest BCUT2D eigenvalue weighted by Gasteiger charge is -2.05. The summed E-state index contributed by atoms with van der Waals surface area (Å²) in [7, 11) is -2.87. The summed E-state index contributed by atoms with van der Waals surface area (Å²) >= 11 is 0. The maximum Gasteiger partial charge on any atom is 0.148 e. The molecule has 0 saturated heterocycles. The van der Waals surface area contributed by atoms with Gasteiger partial charge in [0.25, 0.3) is 0 Å². The van der Waals surface area contributed by atoms with Gasteiger partial charge in [-0.05, 0) is 6.92 Å². The first-order valence-electron chi connectivity index (χ1n) is 4.91. The molecule has 0 aliphatic carbocycles. The number of aromatic nitrogens is 2. The third-order valence-electron chi connectivity index (χ3n) is 2.08. The standard InChI is InChI=1S/C9H17N3O2S/c1-3-12-6-4-11-9(12)8-10-5-7-15(2,13)14/h4,6,10H,3,5,7-8H2,1-2H3. The highest BCUT2D eigenvalue weighted by molar-refractivity contribution is 7.90. The zero-order valence-electron chi connectivity index (χ0n) is 9.10. The van der Waals surface area contributed by atoms with Gasteiger partial charge < -0.3 is 9.88 Å². The molecule has 0 unspecified atom stereocenters. The van der Waals surface area contributed by atoms with Crippen LogP contribution in [0.3, 0.4) is 0 Å². The summed E-state index contributed by atoms with van der Waals surface area (Å²) in [6, 6.07) is 0. The Kier molecular flexibility index (Phi) is 4.28. The second-order valence-corrected chi connectivity index (χ2v) is 5.70. The molecule has 0 aromatic carbocycles. The van der Waals surface area contributed by atoms with E-state index in [-0.39, 0.29) is 5.75 Å². The van der Waals surface area contributed by atoms with Crippen molar-refractivity contribution in [2.75, 3.05) is 18.6 Å². The first kappa shape index (κ1) is 12.2. The fourth-order valence-electron chi connectivity index (χ4n) is 1.25. The van der Waals surface area contributed by atoms with Crippen molar-refractivity contribution in [2.24, 2.45) is 0 Å². The third-order valence-corrected chi connectivity index (χ3v) is 3.02. The predicted octanol–water partition coefficient (Wildman–Crippen LogP) is 0.0372. The number of rotatable bonds is 6. The average Bonchev–Trinajstić information content (AvgIpc) is 2.58. The number of nitrogens with zero attached hydrogens (tertiary/aromatic N) is 2. The van der Waals surface area contributed by atoms with Crippen LogP contribution in [0.1, 0.15) is 12.7 Å². The number of aryl methyl sites for hydroxylation is 1. The van der Waals surface area contributed by atoms with Gasteiger partial charge in [0.05, 0.1) is 12.3 Å². The summed E-state index contributed by atoms with van der Waals surface area (Å²) in [5.41, 5.74) is 0. The van der Waals surface area contributed by atoms with Crippen molar-refractivity contribution in [1.82, 2.24) is 14.9 Å². The van der Waals surface area contributed by atoms with Gasteiger partial charge in [0, 0.05) is 31.7 Å². The van der Waals surface area contributed by atoms with Gasteiger partial charge >= 0.3 is 0 Å². The van der Waals surface area contributed by atoms with Crippen LogP contribution >= 0.6 is 0 Å². The second kappa shape index (κ2) is 5.27. The van der Waals surface area contributed by atoms with E-state index in [0.29, 0.717) is 13.1 Å². The molecule has 86 valence electrons. The lowest BCUT2D eigenvalue weighted by atomic mass is 10.5. The quantitative estimate of drug-likeness (QED) is 0.702. The number of hydrogen-bond donors (Lipinski definition) is 1. The molecule has 1 aromatic heterocycles. The smallest absolute Gasteiger partial charge is 0.148 e. The van der Waals surface area contributed by atoms with Gasteiger partial charge in [0.1, 0.15) is 15.7 Å². The molecule has 0 aliphatic rings. The minimum absolute atomic E-state index is 0.167. The summed E-state index contributed by atoms with van der Waals surface area (Å²) in [4.78, 5) is 4.17. The Bertz CT molecular complexity index is 397. The Labute approximate surface area is 90.4 Å². The molecule has 0 fully saturated rings. The van der Waals surface area contributed by atoms with Gasteiger partial charge in [-0.3, -0.25) is 0 Å². The number of nitrogens with one attached hydrogen (secondary N) is 1. The highest BCUT2D eigenvalue weighted by Crippen LogP contribution is 1.96. The fourth-order valence-corrected chi connectivity index (χ4v) is 1.77. The molecule has 0 bridgehead atoms. The molecule has 0 atom stereocenters. The normalized spacial score (nSPS) is 11.9. The van der Waals surface area contributed by atoms with Crippen molar-refractivity contribution < 1.29 is 8.42 Å². The maximum atomic E-state index is 10.9. The molecule has 15 heavy (non-hydrogen) atoms. The fraction of sp³-hybridized carbons (Fsp3) is 0.667. The van der Waals surface area contributed by atoms with E-state index in [1.165, 1.54) is 6.26 Å². The molecule has 5 nitrogen and oxygen atoms in total. The summed E-state index contributed by atoms with van der Waals surface area (Å²) in [6.45, 7) is 4.00. The van der Waals surface area contributed by atoms with Gasteiger partial charge in [-0.2, -0.15) is 0 Å². The Morgan fingerprint density at radius 3 is 2.87 bits per heavy atom. The molecular weight excluding hydrogens is 214 g/mol. The average molecular weight is 231 g/mol. The monoisotopic (exact) mass is 231 g/mol. The highest BCUT2D eigenvalue weighted by Gasteiger charge is 2.03. The molecule has 6 heteroatoms. The topological polar surface area (TPSA) is 64.0 Å². The summed E-state index contributed by atoms with van der Waals surface area (Å²) in [5, 5.41) is 3.06. The van der Waals surface area contributed by atoms with E-state index < -0.39 is 9.84 Å². The highest BCUT2D eigenvalue weighted by atomic mass is 32.2. The van der Waals surface area contributed by atoms with Crippen molar-refractivity contribution in [3.8, 4) is 0 Å². The Morgan fingerprint density at radius 2 is 2.27 bits per heavy atom. The number of sulfone groups is 1. The molecular formula is C9H17N3O2S. The van der Waals surface area contributed by atoms with Crippen LogP contribution in [0.15, 0.2) is 12.4 Å². The summed E-state index contributed by atoms with van der Waals surface area (Å²) in [5.74, 6) is 1.10. The van der Waals surface area contributed by atoms with E-state index in [2.05, 4.69) is 10.3 Å². The van der Waals surface area contributed by atoms with Crippen molar-refractivity contribution in [2.45, 2.75) is 20.0 Å². The molecule has 1 N–H and O–H groups in total. The van der Waals surface area contributed by atoms with Crippen LogP contribution in [0.4, 0.5) is 0 Å². The van der Waals surface area contributed by atoms with Crippen LogP contribution in [-0.4, -0.2) is 36.5 Å². The van der Waals surface area contributed by atoms with Crippen molar-refractivity contribution >= 4 is 9.84 Å². The van der Waals surface area contributed by atoms with E-state index in [1.807, 2.05) is 17.7 Å². The Balaban J connectivity index is 2.32. The van der Waals surface area contributed by atoms with E-state index in [0.717, 1.165) is 12.4 Å². The molecule has 0 saturated carbocycles. The molecule has 0 amide bonds. The lowest BCUT2D eigenvalue weighted by Crippen LogP contribution is -2.23. The maximum absolute atomic E-state index is 10.9. The largest absolute Gasteiger partial charge is 0.334 e. The van der Waals surface area contributed by atoms with Crippen LogP contribution in [0.25, 0.3) is 0 Å². The first-order valence-corrected chi connectivity index (χ1v) is 6.97. The van der Waals surface area contributed by atoms with Crippen molar-refractivity contribution in [3.63, 3.8) is 0 Å². The van der Waals surface area contributed by atoms with Gasteiger partial charge in [0.15, 0.2) is 0 Å². The van der Waals surface area contributed by atoms with E-state index in [1.54, 1.807) is 6.20 Å². The number of imidazole rings is 1. The van der Waals surface area contributed by atoms with E-state index in [9.17, 15) is 8.42 Å². The molecule has 1 heterocycles. The second-order valence-electron chi connectivity index (χ2n) is 3.44. The molecule has 0 aliphatic heterocycles. The zero-order chi connectivity index (χ0) is 11.3. The van der Waals surface area contributed by atoms with Gasteiger partial charge in [-0.1, -0.05) is 0 Å². The zero-order valence-corrected chi connectivity index (χ0v) is 9.92. The lowest BCUT2D eigenvalue weighted by molar-refractivity contribution is 0.590. The SMILES string of the molecule is CCn1ccnc1CNCCS(C)(=O)=O. The van der Waals surface area contributed by atoms with Crippen LogP contribution in [0.2, 0.25) is 0 Å². The third kappa shape index (κ3) is 4.44. The van der Waals surface area contributed by atoms with E-state index >= 15 is 0 Å². The first-order chi connectivity index (χ1) is 7.03. The summed E-state index contributed by atoms with van der Waals surface area (Å²) in [6.07, 6.45) is 4.90.